The van der Waals surface area contributed by atoms with Gasteiger partial charge in [0.1, 0.15) is 17.7 Å². The van der Waals surface area contributed by atoms with Gasteiger partial charge in [-0.25, -0.2) is 4.39 Å². The number of halogens is 5. The Morgan fingerprint density at radius 2 is 1.90 bits per heavy atom. The van der Waals surface area contributed by atoms with Gasteiger partial charge in [0.25, 0.3) is 0 Å². The van der Waals surface area contributed by atoms with Crippen LogP contribution in [0.4, 0.5) is 22.3 Å². The Morgan fingerprint density at radius 1 is 1.24 bits per heavy atom. The summed E-state index contributed by atoms with van der Waals surface area (Å²) in [7, 11) is 0. The van der Waals surface area contributed by atoms with Crippen molar-refractivity contribution in [3.8, 4) is 5.75 Å². The Labute approximate surface area is 119 Å². The van der Waals surface area contributed by atoms with E-state index in [1.165, 1.54) is 0 Å². The summed E-state index contributed by atoms with van der Waals surface area (Å²) in [6.45, 7) is 4.73. The average Bonchev–Trinajstić information content (AvgIpc) is 2.78. The molecule has 0 radical (unpaired) electrons. The van der Waals surface area contributed by atoms with Gasteiger partial charge in [0.05, 0.1) is 17.2 Å². The maximum atomic E-state index is 13.8. The van der Waals surface area contributed by atoms with Gasteiger partial charge < -0.3 is 10.1 Å². The molecule has 21 heavy (non-hydrogen) atoms. The predicted molar refractivity (Wildman–Crippen MR) is 69.6 cm³/mol. The lowest BCUT2D eigenvalue weighted by Gasteiger charge is -2.25. The molecule has 0 aromatic heterocycles. The zero-order valence-electron chi connectivity index (χ0n) is 11.8. The highest BCUT2D eigenvalue weighted by Gasteiger charge is 2.41. The van der Waals surface area contributed by atoms with Gasteiger partial charge in [-0.2, -0.15) is 13.2 Å². The molecule has 0 aliphatic carbocycles. The van der Waals surface area contributed by atoms with Crippen LogP contribution in [-0.4, -0.2) is 12.6 Å². The third kappa shape index (κ3) is 3.28. The van der Waals surface area contributed by atoms with E-state index in [0.717, 1.165) is 25.5 Å². The fraction of sp³-hybridized carbons (Fsp3) is 0.571. The second kappa shape index (κ2) is 6.60. The summed E-state index contributed by atoms with van der Waals surface area (Å²) in [4.78, 5) is 0. The molecule has 120 valence electrons. The van der Waals surface area contributed by atoms with E-state index in [4.69, 9.17) is 4.74 Å². The fourth-order valence-corrected chi connectivity index (χ4v) is 2.59. The van der Waals surface area contributed by atoms with Gasteiger partial charge in [-0.15, -0.1) is 0 Å². The third-order valence-electron chi connectivity index (χ3n) is 3.41. The molecule has 3 rings (SSSR count). The van der Waals surface area contributed by atoms with Gasteiger partial charge >= 0.3 is 6.18 Å². The van der Waals surface area contributed by atoms with Crippen LogP contribution in [0.1, 0.15) is 43.9 Å². The molecule has 0 bridgehead atoms. The molecule has 1 saturated heterocycles. The van der Waals surface area contributed by atoms with Crippen molar-refractivity contribution in [2.24, 2.45) is 0 Å². The van der Waals surface area contributed by atoms with E-state index in [1.54, 1.807) is 0 Å². The maximum absolute atomic E-state index is 13.8. The van der Waals surface area contributed by atoms with Crippen LogP contribution in [0.2, 0.25) is 0 Å². The smallest absolute Gasteiger partial charge is 0.416 e. The minimum absolute atomic E-state index is 0. The third-order valence-corrected chi connectivity index (χ3v) is 3.41. The van der Waals surface area contributed by atoms with Crippen LogP contribution in [0.3, 0.4) is 0 Å². The van der Waals surface area contributed by atoms with E-state index in [2.05, 4.69) is 5.32 Å². The van der Waals surface area contributed by atoms with Gasteiger partial charge in [-0.05, 0) is 31.5 Å². The lowest BCUT2D eigenvalue weighted by Crippen LogP contribution is -2.37. The van der Waals surface area contributed by atoms with Crippen molar-refractivity contribution in [1.82, 2.24) is 5.32 Å². The van der Waals surface area contributed by atoms with E-state index in [0.29, 0.717) is 6.07 Å². The fourth-order valence-electron chi connectivity index (χ4n) is 2.59. The molecule has 1 fully saturated rings. The molecule has 0 saturated carbocycles. The molecule has 2 aliphatic heterocycles. The summed E-state index contributed by atoms with van der Waals surface area (Å²) < 4.78 is 57.0. The first kappa shape index (κ1) is 17.7. The van der Waals surface area contributed by atoms with E-state index >= 15 is 0 Å². The average molecular weight is 311 g/mol. The van der Waals surface area contributed by atoms with Crippen molar-refractivity contribution in [2.45, 2.75) is 45.0 Å². The Morgan fingerprint density at radius 3 is 2.52 bits per heavy atom. The number of piperidine rings is 1. The largest absolute Gasteiger partial charge is 0.488 e. The molecule has 7 heteroatoms. The summed E-state index contributed by atoms with van der Waals surface area (Å²) in [5.74, 6) is -0.826. The quantitative estimate of drug-likeness (QED) is 0.725. The molecular formula is C14H18F5NO. The van der Waals surface area contributed by atoms with Gasteiger partial charge in [0.2, 0.25) is 0 Å². The first-order chi connectivity index (χ1) is 9.47. The Kier molecular flexibility index (Phi) is 5.55. The zero-order chi connectivity index (χ0) is 14.9. The lowest BCUT2D eigenvalue weighted by molar-refractivity contribution is -0.137. The molecule has 1 aromatic carbocycles. The molecule has 1 aromatic rings. The van der Waals surface area contributed by atoms with Crippen molar-refractivity contribution in [3.05, 3.63) is 29.1 Å². The van der Waals surface area contributed by atoms with Crippen molar-refractivity contribution >= 4 is 0 Å². The van der Waals surface area contributed by atoms with Gasteiger partial charge in [-0.3, -0.25) is 4.70 Å². The minimum Gasteiger partial charge on any atom is -0.488 e. The minimum atomic E-state index is -4.56. The van der Waals surface area contributed by atoms with Crippen LogP contribution >= 0.6 is 0 Å². The van der Waals surface area contributed by atoms with Gasteiger partial charge in [-0.1, -0.05) is 13.8 Å². The standard InChI is InChI=1S/C12H11F4NO.C2H6.FH/c13-7-4-6(12(14,15)16)5-9-10(7)11-8(18-9)2-1-3-17-11;1-2;/h4-5,8,11,17H,1-3H2;1-2H3;1H/t8-,11+;;/m0../s1. The molecule has 0 spiro atoms. The summed E-state index contributed by atoms with van der Waals surface area (Å²) >= 11 is 0. The summed E-state index contributed by atoms with van der Waals surface area (Å²) in [6, 6.07) is 1.11. The molecule has 2 aliphatic rings. The van der Waals surface area contributed by atoms with Crippen LogP contribution in [0.25, 0.3) is 0 Å². The van der Waals surface area contributed by atoms with Crippen LogP contribution < -0.4 is 10.1 Å². The molecule has 0 unspecified atom stereocenters. The first-order valence-corrected chi connectivity index (χ1v) is 6.77. The normalized spacial score (nSPS) is 23.0. The molecule has 1 N–H and O–H groups in total. The monoisotopic (exact) mass is 311 g/mol. The number of nitrogens with one attached hydrogen (secondary N) is 1. The van der Waals surface area contributed by atoms with Crippen LogP contribution in [0.15, 0.2) is 12.1 Å². The number of hydrogen-bond donors (Lipinski definition) is 1. The van der Waals surface area contributed by atoms with Crippen molar-refractivity contribution < 1.29 is 27.0 Å². The van der Waals surface area contributed by atoms with E-state index < -0.39 is 17.6 Å². The van der Waals surface area contributed by atoms with E-state index in [1.807, 2.05) is 13.8 Å². The number of fused-ring (bicyclic) bond motifs is 3. The summed E-state index contributed by atoms with van der Waals surface area (Å²) in [5.41, 5.74) is -0.773. The van der Waals surface area contributed by atoms with Gasteiger partial charge in [0.15, 0.2) is 0 Å². The zero-order valence-corrected chi connectivity index (χ0v) is 11.8. The Hall–Kier alpha value is -1.37. The highest BCUT2D eigenvalue weighted by atomic mass is 19.4. The van der Waals surface area contributed by atoms with Crippen molar-refractivity contribution in [1.29, 1.82) is 0 Å². The second-order valence-electron chi connectivity index (χ2n) is 4.60. The van der Waals surface area contributed by atoms with Crippen molar-refractivity contribution in [3.63, 3.8) is 0 Å². The topological polar surface area (TPSA) is 21.3 Å². The molecule has 0 amide bonds. The molecule has 2 nitrogen and oxygen atoms in total. The summed E-state index contributed by atoms with van der Waals surface area (Å²) in [6.07, 6.45) is -3.21. The Balaban J connectivity index is 0.000000706. The van der Waals surface area contributed by atoms with Crippen molar-refractivity contribution in [2.75, 3.05) is 6.54 Å². The molecular weight excluding hydrogens is 293 g/mol. The van der Waals surface area contributed by atoms with Crippen LogP contribution in [0.5, 0.6) is 5.75 Å². The number of alkyl halides is 3. The second-order valence-corrected chi connectivity index (χ2v) is 4.60. The number of hydrogen-bond acceptors (Lipinski definition) is 2. The number of benzene rings is 1. The van der Waals surface area contributed by atoms with E-state index in [9.17, 15) is 17.6 Å². The molecule has 2 atom stereocenters. The van der Waals surface area contributed by atoms with E-state index in [-0.39, 0.29) is 28.2 Å². The first-order valence-electron chi connectivity index (χ1n) is 6.77. The van der Waals surface area contributed by atoms with Gasteiger partial charge in [0, 0.05) is 0 Å². The Bertz CT molecular complexity index is 489. The van der Waals surface area contributed by atoms with Crippen LogP contribution in [0, 0.1) is 5.82 Å². The lowest BCUT2D eigenvalue weighted by atomic mass is 9.95. The number of ether oxygens (including phenoxy) is 1. The highest BCUT2D eigenvalue weighted by Crippen LogP contribution is 2.44. The van der Waals surface area contributed by atoms with Crippen LogP contribution in [-0.2, 0) is 6.18 Å². The SMILES string of the molecule is CC.F.Fc1cc(C(F)(F)F)cc2c1[C@@H]1NCCC[C@@H]1O2. The molecule has 2 heterocycles. The summed E-state index contributed by atoms with van der Waals surface area (Å²) in [5, 5.41) is 3.09. The predicted octanol–water partition coefficient (Wildman–Crippen LogP) is 4.21. The highest BCUT2D eigenvalue weighted by molar-refractivity contribution is 5.45. The maximum Gasteiger partial charge on any atom is 0.416 e. The number of rotatable bonds is 0.